The van der Waals surface area contributed by atoms with E-state index in [0.717, 1.165) is 25.8 Å². The number of hydrogen-bond donors (Lipinski definition) is 0. The summed E-state index contributed by atoms with van der Waals surface area (Å²) < 4.78 is 19.8. The van der Waals surface area contributed by atoms with Gasteiger partial charge in [0.15, 0.2) is 0 Å². The summed E-state index contributed by atoms with van der Waals surface area (Å²) in [6.07, 6.45) is 5.23. The molecule has 3 rings (SSSR count). The van der Waals surface area contributed by atoms with E-state index in [1.165, 1.54) is 11.1 Å². The first-order chi connectivity index (χ1) is 12.2. The summed E-state index contributed by atoms with van der Waals surface area (Å²) in [6, 6.07) is 9.17. The van der Waals surface area contributed by atoms with Crippen LogP contribution in [0.25, 0.3) is 0 Å². The number of carbonyl (C=O) groups excluding carboxylic acids is 1. The lowest BCUT2D eigenvalue weighted by Crippen LogP contribution is -2.51. The van der Waals surface area contributed by atoms with Crippen molar-refractivity contribution in [3.8, 4) is 0 Å². The number of rotatable bonds is 6. The molecule has 2 unspecified atom stereocenters. The molecule has 0 saturated carbocycles. The highest BCUT2D eigenvalue weighted by atomic mass is 127. The number of benzene rings is 1. The minimum absolute atomic E-state index is 0.139. The molecular formula is C20H25FINO2. The zero-order chi connectivity index (χ0) is 17.8. The van der Waals surface area contributed by atoms with Crippen LogP contribution in [-0.4, -0.2) is 42.8 Å². The van der Waals surface area contributed by atoms with Gasteiger partial charge in [-0.25, -0.2) is 4.39 Å². The molecule has 2 heterocycles. The maximum Gasteiger partial charge on any atom is 0.311 e. The summed E-state index contributed by atoms with van der Waals surface area (Å²) in [5.74, 6) is -0.294. The molecule has 0 spiro atoms. The first-order valence-electron chi connectivity index (χ1n) is 8.95. The van der Waals surface area contributed by atoms with Crippen molar-refractivity contribution in [1.82, 2.24) is 4.90 Å². The van der Waals surface area contributed by atoms with E-state index in [1.807, 2.05) is 4.08 Å². The van der Waals surface area contributed by atoms with Gasteiger partial charge in [0.25, 0.3) is 0 Å². The molecule has 2 aliphatic heterocycles. The number of alkyl halides is 1. The Morgan fingerprint density at radius 1 is 1.36 bits per heavy atom. The van der Waals surface area contributed by atoms with Crippen LogP contribution in [0.1, 0.15) is 36.3 Å². The lowest BCUT2D eigenvalue weighted by Gasteiger charge is -2.43. The van der Waals surface area contributed by atoms with Crippen molar-refractivity contribution in [3.05, 3.63) is 45.6 Å². The van der Waals surface area contributed by atoms with E-state index < -0.39 is 6.67 Å². The van der Waals surface area contributed by atoms with Crippen molar-refractivity contribution in [2.24, 2.45) is 5.92 Å². The normalized spacial score (nSPS) is 29.2. The van der Waals surface area contributed by atoms with E-state index in [2.05, 4.69) is 64.8 Å². The van der Waals surface area contributed by atoms with E-state index in [0.29, 0.717) is 6.04 Å². The molecule has 0 N–H and O–H groups in total. The van der Waals surface area contributed by atoms with Crippen LogP contribution in [0.4, 0.5) is 4.39 Å². The molecule has 0 radical (unpaired) electrons. The molecule has 0 aliphatic carbocycles. The van der Waals surface area contributed by atoms with Crippen LogP contribution >= 0.6 is 22.6 Å². The van der Waals surface area contributed by atoms with Gasteiger partial charge >= 0.3 is 5.97 Å². The number of aryl methyl sites for hydroxylation is 1. The standard InChI is InChI=1S/C20H25FINO2/c1-14-3-5-15(6-4-14)17-13-16-7-8-18(23(16)11-2-10-22)19(17)20(24)25-12-9-21/h2-6,10,16-19H,7-9,11-13H2,1H3/b10-2+/t16?,17-,18?,19+/m1/s1/i21-1. The second-order valence-electron chi connectivity index (χ2n) is 6.99. The molecule has 0 amide bonds. The average molecular weight is 456 g/mol. The second kappa shape index (κ2) is 8.62. The number of carbonyl (C=O) groups is 1. The van der Waals surface area contributed by atoms with Crippen molar-refractivity contribution >= 4 is 28.6 Å². The van der Waals surface area contributed by atoms with Crippen molar-refractivity contribution in [2.75, 3.05) is 19.8 Å². The average Bonchev–Trinajstić information content (AvgIpc) is 2.89. The maximum atomic E-state index is 12.8. The Hall–Kier alpha value is -0.950. The van der Waals surface area contributed by atoms with Gasteiger partial charge in [0, 0.05) is 24.5 Å². The van der Waals surface area contributed by atoms with Gasteiger partial charge in [-0.05, 0) is 35.8 Å². The molecule has 5 heteroatoms. The Morgan fingerprint density at radius 2 is 2.12 bits per heavy atom. The Labute approximate surface area is 162 Å². The van der Waals surface area contributed by atoms with Gasteiger partial charge in [-0.1, -0.05) is 58.5 Å². The SMILES string of the molecule is Cc1ccc([C@H]2CC3CCC([C@H]2C(=O)OCC[18F])N3C/C=C/I)cc1. The Morgan fingerprint density at radius 3 is 2.80 bits per heavy atom. The Kier molecular flexibility index (Phi) is 6.49. The van der Waals surface area contributed by atoms with Crippen molar-refractivity contribution < 1.29 is 13.9 Å². The van der Waals surface area contributed by atoms with Gasteiger partial charge in [-0.15, -0.1) is 0 Å². The van der Waals surface area contributed by atoms with Crippen LogP contribution in [0.3, 0.4) is 0 Å². The van der Waals surface area contributed by atoms with E-state index in [4.69, 9.17) is 4.74 Å². The van der Waals surface area contributed by atoms with E-state index >= 15 is 0 Å². The minimum atomic E-state index is -0.623. The first kappa shape index (κ1) is 18.8. The molecule has 3 nitrogen and oxygen atoms in total. The number of fused-ring (bicyclic) bond motifs is 2. The van der Waals surface area contributed by atoms with Gasteiger partial charge < -0.3 is 4.74 Å². The number of halogens is 2. The summed E-state index contributed by atoms with van der Waals surface area (Å²) in [5.41, 5.74) is 2.42. The zero-order valence-electron chi connectivity index (χ0n) is 14.5. The summed E-state index contributed by atoms with van der Waals surface area (Å²) in [5, 5.41) is 0. The van der Waals surface area contributed by atoms with Gasteiger partial charge in [-0.3, -0.25) is 9.69 Å². The highest BCUT2D eigenvalue weighted by Gasteiger charge is 2.50. The smallest absolute Gasteiger partial charge is 0.311 e. The fourth-order valence-corrected chi connectivity index (χ4v) is 4.70. The lowest BCUT2D eigenvalue weighted by atomic mass is 9.76. The van der Waals surface area contributed by atoms with E-state index in [-0.39, 0.29) is 30.5 Å². The van der Waals surface area contributed by atoms with Crippen LogP contribution in [0.2, 0.25) is 0 Å². The highest BCUT2D eigenvalue weighted by molar-refractivity contribution is 14.1. The molecule has 1 aromatic carbocycles. The van der Waals surface area contributed by atoms with Gasteiger partial charge in [0.05, 0.1) is 5.92 Å². The molecule has 0 aromatic heterocycles. The predicted octanol–water partition coefficient (Wildman–Crippen LogP) is 4.39. The summed E-state index contributed by atoms with van der Waals surface area (Å²) in [6.45, 7) is 2.17. The third-order valence-corrected chi connectivity index (χ3v) is 6.08. The van der Waals surface area contributed by atoms with Crippen molar-refractivity contribution in [3.63, 3.8) is 0 Å². The van der Waals surface area contributed by atoms with Crippen LogP contribution in [0.5, 0.6) is 0 Å². The highest BCUT2D eigenvalue weighted by Crippen LogP contribution is 2.47. The monoisotopic (exact) mass is 456 g/mol. The first-order valence-corrected chi connectivity index (χ1v) is 10.2. The van der Waals surface area contributed by atoms with Crippen LogP contribution in [0.15, 0.2) is 34.4 Å². The molecular weight excluding hydrogens is 431 g/mol. The van der Waals surface area contributed by atoms with Crippen LogP contribution < -0.4 is 0 Å². The van der Waals surface area contributed by atoms with E-state index in [9.17, 15) is 9.18 Å². The molecule has 2 fully saturated rings. The molecule has 1 aromatic rings. The molecule has 2 aliphatic rings. The van der Waals surface area contributed by atoms with Crippen molar-refractivity contribution in [2.45, 2.75) is 44.2 Å². The third kappa shape index (κ3) is 4.08. The molecule has 2 bridgehead atoms. The van der Waals surface area contributed by atoms with Gasteiger partial charge in [-0.2, -0.15) is 0 Å². The third-order valence-electron chi connectivity index (χ3n) is 5.57. The summed E-state index contributed by atoms with van der Waals surface area (Å²) in [4.78, 5) is 15.2. The number of nitrogens with zero attached hydrogens (tertiary/aromatic N) is 1. The number of ether oxygens (including phenoxy) is 1. The lowest BCUT2D eigenvalue weighted by molar-refractivity contribution is -0.154. The Bertz CT molecular complexity index is 619. The van der Waals surface area contributed by atoms with E-state index in [1.54, 1.807) is 0 Å². The zero-order valence-corrected chi connectivity index (χ0v) is 16.7. The van der Waals surface area contributed by atoms with Gasteiger partial charge in [0.2, 0.25) is 0 Å². The fourth-order valence-electron chi connectivity index (χ4n) is 4.47. The molecule has 25 heavy (non-hydrogen) atoms. The number of hydrogen-bond acceptors (Lipinski definition) is 3. The largest absolute Gasteiger partial charge is 0.463 e. The Balaban J connectivity index is 1.88. The van der Waals surface area contributed by atoms with Gasteiger partial charge in [0.1, 0.15) is 13.3 Å². The topological polar surface area (TPSA) is 29.5 Å². The fraction of sp³-hybridized carbons (Fsp3) is 0.550. The predicted molar refractivity (Wildman–Crippen MR) is 106 cm³/mol. The number of esters is 1. The quantitative estimate of drug-likeness (QED) is 0.470. The second-order valence-corrected chi connectivity index (χ2v) is 7.71. The molecule has 4 atom stereocenters. The summed E-state index contributed by atoms with van der Waals surface area (Å²) in [7, 11) is 0. The maximum absolute atomic E-state index is 12.8. The van der Waals surface area contributed by atoms with Crippen LogP contribution in [-0.2, 0) is 9.53 Å². The van der Waals surface area contributed by atoms with Crippen molar-refractivity contribution in [1.29, 1.82) is 0 Å². The summed E-state index contributed by atoms with van der Waals surface area (Å²) >= 11 is 2.23. The molecule has 136 valence electrons. The minimum Gasteiger partial charge on any atom is -0.463 e. The number of piperidine rings is 1. The van der Waals surface area contributed by atoms with Crippen LogP contribution in [0, 0.1) is 12.8 Å². The molecule has 2 saturated heterocycles.